The summed E-state index contributed by atoms with van der Waals surface area (Å²) >= 11 is 0. The molecular formula is C15H21FN4O2S. The van der Waals surface area contributed by atoms with Crippen molar-refractivity contribution in [3.8, 4) is 0 Å². The smallest absolute Gasteiger partial charge is 0.178 e. The molecule has 2 aromatic rings. The highest BCUT2D eigenvalue weighted by molar-refractivity contribution is 7.90. The average molecular weight is 340 g/mol. The fourth-order valence-electron chi connectivity index (χ4n) is 2.31. The first-order chi connectivity index (χ1) is 10.7. The van der Waals surface area contributed by atoms with Gasteiger partial charge in [-0.3, -0.25) is 0 Å². The lowest BCUT2D eigenvalue weighted by atomic mass is 10.1. The molecule has 23 heavy (non-hydrogen) atoms. The lowest BCUT2D eigenvalue weighted by molar-refractivity contribution is 0.535. The molecule has 2 rings (SSSR count). The minimum absolute atomic E-state index is 0.153. The number of aromatic nitrogens is 3. The van der Waals surface area contributed by atoms with Crippen LogP contribution in [-0.4, -0.2) is 29.4 Å². The van der Waals surface area contributed by atoms with Crippen molar-refractivity contribution in [1.82, 2.24) is 20.1 Å². The summed E-state index contributed by atoms with van der Waals surface area (Å²) in [6.45, 7) is 4.38. The molecule has 0 amide bonds. The maximum Gasteiger partial charge on any atom is 0.178 e. The SMILES string of the molecule is CCc1nnc(CN[C@H](C)c2ccc(S(C)(=O)=O)c(F)c2)n1C. The van der Waals surface area contributed by atoms with Crippen molar-refractivity contribution in [3.05, 3.63) is 41.2 Å². The Balaban J connectivity index is 2.10. The topological polar surface area (TPSA) is 76.9 Å². The van der Waals surface area contributed by atoms with E-state index in [1.165, 1.54) is 12.1 Å². The Morgan fingerprint density at radius 3 is 2.48 bits per heavy atom. The summed E-state index contributed by atoms with van der Waals surface area (Å²) in [5, 5.41) is 11.4. The second kappa shape index (κ2) is 6.76. The Hall–Kier alpha value is -1.80. The van der Waals surface area contributed by atoms with Gasteiger partial charge in [-0.2, -0.15) is 0 Å². The maximum atomic E-state index is 13.9. The normalized spacial score (nSPS) is 13.3. The summed E-state index contributed by atoms with van der Waals surface area (Å²) in [6, 6.07) is 4.02. The zero-order valence-electron chi connectivity index (χ0n) is 13.7. The van der Waals surface area contributed by atoms with E-state index >= 15 is 0 Å². The monoisotopic (exact) mass is 340 g/mol. The zero-order valence-corrected chi connectivity index (χ0v) is 14.5. The molecule has 0 saturated heterocycles. The molecule has 0 bridgehead atoms. The maximum absolute atomic E-state index is 13.9. The minimum atomic E-state index is -3.55. The molecule has 1 heterocycles. The first-order valence-corrected chi connectivity index (χ1v) is 9.23. The summed E-state index contributed by atoms with van der Waals surface area (Å²) in [7, 11) is -1.65. The molecule has 0 aliphatic carbocycles. The van der Waals surface area contributed by atoms with E-state index in [2.05, 4.69) is 15.5 Å². The Bertz CT molecular complexity index is 802. The van der Waals surface area contributed by atoms with Crippen molar-refractivity contribution in [2.24, 2.45) is 7.05 Å². The zero-order chi connectivity index (χ0) is 17.2. The number of halogens is 1. The van der Waals surface area contributed by atoms with Crippen LogP contribution in [0.25, 0.3) is 0 Å². The van der Waals surface area contributed by atoms with Crippen LogP contribution in [0.1, 0.15) is 37.1 Å². The number of hydrogen-bond donors (Lipinski definition) is 1. The molecule has 126 valence electrons. The molecule has 1 aromatic carbocycles. The molecular weight excluding hydrogens is 319 g/mol. The molecule has 0 aliphatic rings. The standard InChI is InChI=1S/C15H21FN4O2S/c1-5-14-18-19-15(20(14)3)9-17-10(2)11-6-7-13(12(16)8-11)23(4,21)22/h6-8,10,17H,5,9H2,1-4H3/t10-/m1/s1. The van der Waals surface area contributed by atoms with Gasteiger partial charge in [0.2, 0.25) is 0 Å². The van der Waals surface area contributed by atoms with Crippen LogP contribution in [0, 0.1) is 5.82 Å². The first-order valence-electron chi connectivity index (χ1n) is 7.34. The van der Waals surface area contributed by atoms with Crippen LogP contribution in [0.3, 0.4) is 0 Å². The molecule has 0 aliphatic heterocycles. The molecule has 1 N–H and O–H groups in total. The lowest BCUT2D eigenvalue weighted by Crippen LogP contribution is -2.20. The number of hydrogen-bond acceptors (Lipinski definition) is 5. The number of sulfone groups is 1. The Labute approximate surface area is 135 Å². The third-order valence-corrected chi connectivity index (χ3v) is 4.92. The summed E-state index contributed by atoms with van der Waals surface area (Å²) in [5.74, 6) is 0.963. The second-order valence-electron chi connectivity index (χ2n) is 5.51. The van der Waals surface area contributed by atoms with Gasteiger partial charge in [0.1, 0.15) is 22.4 Å². The quantitative estimate of drug-likeness (QED) is 0.867. The van der Waals surface area contributed by atoms with Gasteiger partial charge in [0.15, 0.2) is 9.84 Å². The van der Waals surface area contributed by atoms with Crippen LogP contribution in [-0.2, 0) is 29.9 Å². The van der Waals surface area contributed by atoms with E-state index in [4.69, 9.17) is 0 Å². The van der Waals surface area contributed by atoms with Gasteiger partial charge in [0.25, 0.3) is 0 Å². The highest BCUT2D eigenvalue weighted by Crippen LogP contribution is 2.20. The molecule has 0 spiro atoms. The van der Waals surface area contributed by atoms with Crippen molar-refractivity contribution >= 4 is 9.84 Å². The molecule has 1 atom stereocenters. The van der Waals surface area contributed by atoms with Crippen LogP contribution in [0.15, 0.2) is 23.1 Å². The summed E-state index contributed by atoms with van der Waals surface area (Å²) in [5.41, 5.74) is 0.674. The Kier molecular flexibility index (Phi) is 5.16. The van der Waals surface area contributed by atoms with E-state index < -0.39 is 15.7 Å². The highest BCUT2D eigenvalue weighted by Gasteiger charge is 2.16. The molecule has 8 heteroatoms. The number of rotatable bonds is 6. The molecule has 6 nitrogen and oxygen atoms in total. The van der Waals surface area contributed by atoms with Crippen LogP contribution >= 0.6 is 0 Å². The van der Waals surface area contributed by atoms with Gasteiger partial charge < -0.3 is 9.88 Å². The fourth-order valence-corrected chi connectivity index (χ4v) is 3.04. The van der Waals surface area contributed by atoms with Crippen molar-refractivity contribution in [3.63, 3.8) is 0 Å². The van der Waals surface area contributed by atoms with Crippen LogP contribution in [0.5, 0.6) is 0 Å². The van der Waals surface area contributed by atoms with Crippen molar-refractivity contribution in [2.45, 2.75) is 37.8 Å². The van der Waals surface area contributed by atoms with Crippen LogP contribution in [0.4, 0.5) is 4.39 Å². The number of nitrogens with zero attached hydrogens (tertiary/aromatic N) is 3. The summed E-state index contributed by atoms with van der Waals surface area (Å²) in [6.07, 6.45) is 1.80. The highest BCUT2D eigenvalue weighted by atomic mass is 32.2. The van der Waals surface area contributed by atoms with E-state index in [0.29, 0.717) is 12.1 Å². The van der Waals surface area contributed by atoms with Gasteiger partial charge >= 0.3 is 0 Å². The van der Waals surface area contributed by atoms with Gasteiger partial charge in [0.05, 0.1) is 6.54 Å². The van der Waals surface area contributed by atoms with Crippen molar-refractivity contribution < 1.29 is 12.8 Å². The van der Waals surface area contributed by atoms with Crippen LogP contribution in [0.2, 0.25) is 0 Å². The van der Waals surface area contributed by atoms with Crippen LogP contribution < -0.4 is 5.32 Å². The first kappa shape index (κ1) is 17.6. The van der Waals surface area contributed by atoms with E-state index in [9.17, 15) is 12.8 Å². The van der Waals surface area contributed by atoms with Gasteiger partial charge in [-0.25, -0.2) is 12.8 Å². The third kappa shape index (κ3) is 3.94. The van der Waals surface area contributed by atoms with Crippen molar-refractivity contribution in [1.29, 1.82) is 0 Å². The molecule has 0 saturated carbocycles. The molecule has 0 radical (unpaired) electrons. The Morgan fingerprint density at radius 1 is 1.30 bits per heavy atom. The fraction of sp³-hybridized carbons (Fsp3) is 0.467. The van der Waals surface area contributed by atoms with Gasteiger partial charge in [-0.05, 0) is 24.6 Å². The Morgan fingerprint density at radius 2 is 1.96 bits per heavy atom. The predicted molar refractivity (Wildman–Crippen MR) is 85.1 cm³/mol. The lowest BCUT2D eigenvalue weighted by Gasteiger charge is -2.15. The summed E-state index contributed by atoms with van der Waals surface area (Å²) < 4.78 is 38.8. The van der Waals surface area contributed by atoms with E-state index in [1.54, 1.807) is 6.07 Å². The number of nitrogens with one attached hydrogen (secondary N) is 1. The minimum Gasteiger partial charge on any atom is -0.317 e. The van der Waals surface area contributed by atoms with E-state index in [1.807, 2.05) is 25.5 Å². The number of benzene rings is 1. The molecule has 1 aromatic heterocycles. The largest absolute Gasteiger partial charge is 0.317 e. The third-order valence-electron chi connectivity index (χ3n) is 3.79. The van der Waals surface area contributed by atoms with Gasteiger partial charge in [0, 0.05) is 25.8 Å². The van der Waals surface area contributed by atoms with E-state index in [0.717, 1.165) is 24.3 Å². The summed E-state index contributed by atoms with van der Waals surface area (Å²) in [4.78, 5) is -0.283. The predicted octanol–water partition coefficient (Wildman–Crippen LogP) is 1.77. The number of aryl methyl sites for hydroxylation is 1. The molecule has 0 unspecified atom stereocenters. The van der Waals surface area contributed by atoms with Gasteiger partial charge in [-0.1, -0.05) is 13.0 Å². The average Bonchev–Trinajstić information content (AvgIpc) is 2.83. The molecule has 0 fully saturated rings. The van der Waals surface area contributed by atoms with E-state index in [-0.39, 0.29) is 10.9 Å². The second-order valence-corrected chi connectivity index (χ2v) is 7.49. The van der Waals surface area contributed by atoms with Crippen molar-refractivity contribution in [2.75, 3.05) is 6.26 Å². The van der Waals surface area contributed by atoms with Gasteiger partial charge in [-0.15, -0.1) is 10.2 Å².